The van der Waals surface area contributed by atoms with Crippen molar-refractivity contribution in [3.63, 3.8) is 0 Å². The number of aliphatic hydroxyl groups excluding tert-OH is 1. The highest BCUT2D eigenvalue weighted by atomic mass is 16.5. The molecule has 0 aliphatic carbocycles. The highest BCUT2D eigenvalue weighted by Gasteiger charge is 2.38. The van der Waals surface area contributed by atoms with Crippen molar-refractivity contribution in [2.45, 2.75) is 80.8 Å². The molecule has 37 heavy (non-hydrogen) atoms. The molecule has 4 nitrogen and oxygen atoms in total. The van der Waals surface area contributed by atoms with Gasteiger partial charge in [-0.2, -0.15) is 0 Å². The van der Waals surface area contributed by atoms with E-state index in [4.69, 9.17) is 14.6 Å². The molecule has 208 valence electrons. The van der Waals surface area contributed by atoms with Gasteiger partial charge in [0.25, 0.3) is 0 Å². The number of benzene rings is 2. The molecule has 2 aromatic rings. The van der Waals surface area contributed by atoms with Crippen molar-refractivity contribution in [3.05, 3.63) is 54.1 Å². The van der Waals surface area contributed by atoms with Crippen LogP contribution in [0.15, 0.2) is 48.5 Å². The molecule has 2 aliphatic heterocycles. The summed E-state index contributed by atoms with van der Waals surface area (Å²) in [6.07, 6.45) is 5.12. The number of hydrogen-bond donors (Lipinski definition) is 1. The van der Waals surface area contributed by atoms with Crippen molar-refractivity contribution >= 4 is 5.69 Å². The van der Waals surface area contributed by atoms with Gasteiger partial charge in [0.1, 0.15) is 0 Å². The Labute approximate surface area is 227 Å². The van der Waals surface area contributed by atoms with E-state index in [0.717, 1.165) is 51.0 Å². The third kappa shape index (κ3) is 8.56. The first-order valence-corrected chi connectivity index (χ1v) is 14.6. The third-order valence-electron chi connectivity index (χ3n) is 8.22. The minimum absolute atomic E-state index is 0.0908. The number of hydrogen-bond acceptors (Lipinski definition) is 4. The highest BCUT2D eigenvalue weighted by molar-refractivity contribution is 5.66. The number of aliphatic hydroxyl groups is 1. The summed E-state index contributed by atoms with van der Waals surface area (Å²) in [5.74, 6) is 0.874. The van der Waals surface area contributed by atoms with Gasteiger partial charge in [0, 0.05) is 29.6 Å². The van der Waals surface area contributed by atoms with Crippen LogP contribution in [-0.2, 0) is 16.1 Å². The van der Waals surface area contributed by atoms with Crippen molar-refractivity contribution in [2.75, 3.05) is 44.4 Å². The normalized spacial score (nSPS) is 17.6. The fourth-order valence-electron chi connectivity index (χ4n) is 5.00. The Balaban J connectivity index is 0.000000311. The van der Waals surface area contributed by atoms with E-state index >= 15 is 0 Å². The van der Waals surface area contributed by atoms with Gasteiger partial charge in [-0.15, -0.1) is 0 Å². The number of ether oxygens (including phenoxy) is 2. The molecule has 0 amide bonds. The molecule has 1 atom stereocenters. The summed E-state index contributed by atoms with van der Waals surface area (Å²) >= 11 is 0. The van der Waals surface area contributed by atoms with E-state index < -0.39 is 0 Å². The first-order valence-electron chi connectivity index (χ1n) is 14.6. The van der Waals surface area contributed by atoms with Crippen LogP contribution in [0.2, 0.25) is 0 Å². The maximum absolute atomic E-state index is 9.15. The molecule has 2 aromatic carbocycles. The zero-order valence-electron chi connectivity index (χ0n) is 24.7. The second-order valence-corrected chi connectivity index (χ2v) is 10.8. The standard InChI is InChI=1S/C21H27NO2.C10H20O.C2H6/c1-3-21(15-24-16-21)14-22(4-2)20-11-9-19(10-12-20)18-7-5-17(13-23)6-8-18;1-4-9(3)6-10(5-2)7-11-8-10;1-2/h5-12,23H,3-4,13-16H2,1-2H3;9H,4-8H2,1-3H3;1-2H3. The van der Waals surface area contributed by atoms with E-state index in [2.05, 4.69) is 75.9 Å². The van der Waals surface area contributed by atoms with Crippen LogP contribution in [0.4, 0.5) is 5.69 Å². The molecule has 1 N–H and O–H groups in total. The molecule has 0 radical (unpaired) electrons. The molecule has 1 unspecified atom stereocenters. The van der Waals surface area contributed by atoms with Gasteiger partial charge in [-0.3, -0.25) is 0 Å². The predicted molar refractivity (Wildman–Crippen MR) is 158 cm³/mol. The molecule has 2 fully saturated rings. The molecule has 0 aromatic heterocycles. The van der Waals surface area contributed by atoms with Crippen molar-refractivity contribution in [1.82, 2.24) is 0 Å². The molecule has 0 bridgehead atoms. The third-order valence-corrected chi connectivity index (χ3v) is 8.22. The van der Waals surface area contributed by atoms with Gasteiger partial charge in [0.15, 0.2) is 0 Å². The van der Waals surface area contributed by atoms with Gasteiger partial charge in [-0.25, -0.2) is 0 Å². The summed E-state index contributed by atoms with van der Waals surface area (Å²) in [6.45, 7) is 21.3. The Morgan fingerprint density at radius 2 is 1.27 bits per heavy atom. The van der Waals surface area contributed by atoms with E-state index in [1.54, 1.807) is 0 Å². The number of anilines is 1. The lowest BCUT2D eigenvalue weighted by Gasteiger charge is -2.44. The van der Waals surface area contributed by atoms with Crippen molar-refractivity contribution < 1.29 is 14.6 Å². The minimum Gasteiger partial charge on any atom is -0.392 e. The van der Waals surface area contributed by atoms with E-state index in [-0.39, 0.29) is 6.61 Å². The van der Waals surface area contributed by atoms with Crippen LogP contribution in [0.1, 0.15) is 79.7 Å². The smallest absolute Gasteiger partial charge is 0.0681 e. The maximum Gasteiger partial charge on any atom is 0.0681 e. The lowest BCUT2D eigenvalue weighted by atomic mass is 9.75. The van der Waals surface area contributed by atoms with E-state index in [9.17, 15) is 0 Å². The second-order valence-electron chi connectivity index (χ2n) is 10.8. The second kappa shape index (κ2) is 15.5. The number of rotatable bonds is 11. The van der Waals surface area contributed by atoms with E-state index in [0.29, 0.717) is 10.8 Å². The van der Waals surface area contributed by atoms with Crippen LogP contribution in [-0.4, -0.2) is 44.6 Å². The Kier molecular flexibility index (Phi) is 13.1. The van der Waals surface area contributed by atoms with Crippen LogP contribution in [0.5, 0.6) is 0 Å². The quantitative estimate of drug-likeness (QED) is 0.332. The topological polar surface area (TPSA) is 41.9 Å². The van der Waals surface area contributed by atoms with Gasteiger partial charge in [-0.05, 0) is 60.9 Å². The molecule has 0 spiro atoms. The minimum atomic E-state index is 0.0908. The van der Waals surface area contributed by atoms with Crippen LogP contribution in [0.3, 0.4) is 0 Å². The van der Waals surface area contributed by atoms with Crippen molar-refractivity contribution in [1.29, 1.82) is 0 Å². The van der Waals surface area contributed by atoms with Gasteiger partial charge in [0.2, 0.25) is 0 Å². The molecule has 0 saturated carbocycles. The van der Waals surface area contributed by atoms with Crippen molar-refractivity contribution in [2.24, 2.45) is 16.7 Å². The summed E-state index contributed by atoms with van der Waals surface area (Å²) in [5, 5.41) is 9.15. The van der Waals surface area contributed by atoms with Gasteiger partial charge < -0.3 is 19.5 Å². The lowest BCUT2D eigenvalue weighted by molar-refractivity contribution is -0.125. The fourth-order valence-corrected chi connectivity index (χ4v) is 5.00. The van der Waals surface area contributed by atoms with E-state index in [1.165, 1.54) is 42.5 Å². The maximum atomic E-state index is 9.15. The Hall–Kier alpha value is -1.88. The van der Waals surface area contributed by atoms with Crippen LogP contribution in [0.25, 0.3) is 11.1 Å². The zero-order chi connectivity index (χ0) is 27.3. The summed E-state index contributed by atoms with van der Waals surface area (Å²) in [7, 11) is 0. The molecular weight excluding hydrogens is 458 g/mol. The van der Waals surface area contributed by atoms with Gasteiger partial charge in [0.05, 0.1) is 33.0 Å². The van der Waals surface area contributed by atoms with Crippen LogP contribution >= 0.6 is 0 Å². The van der Waals surface area contributed by atoms with Gasteiger partial charge >= 0.3 is 0 Å². The Morgan fingerprint density at radius 1 is 0.784 bits per heavy atom. The van der Waals surface area contributed by atoms with Crippen LogP contribution in [0, 0.1) is 16.7 Å². The predicted octanol–water partition coefficient (Wildman–Crippen LogP) is 7.97. The van der Waals surface area contributed by atoms with Crippen LogP contribution < -0.4 is 4.90 Å². The average Bonchev–Trinajstić information content (AvgIpc) is 2.92. The molecule has 2 saturated heterocycles. The summed E-state index contributed by atoms with van der Waals surface area (Å²) in [6, 6.07) is 16.9. The Morgan fingerprint density at radius 3 is 1.62 bits per heavy atom. The fraction of sp³-hybridized carbons (Fsp3) is 0.636. The molecule has 2 aliphatic rings. The highest BCUT2D eigenvalue weighted by Crippen LogP contribution is 2.38. The molecule has 2 heterocycles. The molecule has 4 heteroatoms. The number of nitrogens with zero attached hydrogens (tertiary/aromatic N) is 1. The first-order chi connectivity index (χ1) is 17.9. The Bertz CT molecular complexity index is 858. The SMILES string of the molecule is CC.CCC(C)CC1(CC)COC1.CCN(CC1(CC)COC1)c1ccc(-c2ccc(CO)cc2)cc1. The van der Waals surface area contributed by atoms with Crippen molar-refractivity contribution in [3.8, 4) is 11.1 Å². The van der Waals surface area contributed by atoms with Gasteiger partial charge in [-0.1, -0.05) is 84.4 Å². The summed E-state index contributed by atoms with van der Waals surface area (Å²) in [4.78, 5) is 2.45. The van der Waals surface area contributed by atoms with E-state index in [1.807, 2.05) is 26.0 Å². The zero-order valence-corrected chi connectivity index (χ0v) is 24.7. The average molecular weight is 512 g/mol. The summed E-state index contributed by atoms with van der Waals surface area (Å²) in [5.41, 5.74) is 5.49. The monoisotopic (exact) mass is 511 g/mol. The lowest BCUT2D eigenvalue weighted by Crippen LogP contribution is -2.50. The molecule has 4 rings (SSSR count). The first kappa shape index (κ1) is 31.3. The molecular formula is C33H53NO3. The summed E-state index contributed by atoms with van der Waals surface area (Å²) < 4.78 is 10.7. The largest absolute Gasteiger partial charge is 0.392 e.